The molecule has 0 radical (unpaired) electrons. The van der Waals surface area contributed by atoms with Crippen molar-refractivity contribution in [2.75, 3.05) is 0 Å². The molecule has 0 bridgehead atoms. The van der Waals surface area contributed by atoms with Gasteiger partial charge in [-0.2, -0.15) is 0 Å². The number of aliphatic imine (C=N–C) groups is 2. The zero-order valence-electron chi connectivity index (χ0n) is 17.7. The van der Waals surface area contributed by atoms with Crippen molar-refractivity contribution < 1.29 is 19.7 Å². The summed E-state index contributed by atoms with van der Waals surface area (Å²) in [4.78, 5) is 42.2. The molecular formula is C24H16N4O6. The van der Waals surface area contributed by atoms with E-state index in [1.54, 1.807) is 42.5 Å². The number of fused-ring (bicyclic) bond motifs is 1. The third-order valence-electron chi connectivity index (χ3n) is 5.09. The van der Waals surface area contributed by atoms with Crippen LogP contribution >= 0.6 is 0 Å². The SMILES string of the molecule is CC(=O)C1=C(O)c2c(cccc2[N+](=O)[O-])C1=Nc1ccc(N=Cc2cccc([N+](=O)[O-])c2)cc1. The number of nitro benzene ring substituents is 2. The van der Waals surface area contributed by atoms with Crippen LogP contribution in [0.25, 0.3) is 5.76 Å². The summed E-state index contributed by atoms with van der Waals surface area (Å²) in [6.07, 6.45) is 1.49. The number of aliphatic hydroxyl groups is 1. The molecule has 168 valence electrons. The molecule has 34 heavy (non-hydrogen) atoms. The summed E-state index contributed by atoms with van der Waals surface area (Å²) >= 11 is 0. The van der Waals surface area contributed by atoms with Crippen LogP contribution in [-0.4, -0.2) is 32.7 Å². The summed E-state index contributed by atoms with van der Waals surface area (Å²) < 4.78 is 0. The van der Waals surface area contributed by atoms with Crippen molar-refractivity contribution in [1.29, 1.82) is 0 Å². The number of ketones is 1. The van der Waals surface area contributed by atoms with Crippen LogP contribution in [0.3, 0.4) is 0 Å². The number of benzene rings is 3. The van der Waals surface area contributed by atoms with Gasteiger partial charge in [-0.05, 0) is 36.8 Å². The van der Waals surface area contributed by atoms with Crippen molar-refractivity contribution >= 4 is 46.2 Å². The lowest BCUT2D eigenvalue weighted by Gasteiger charge is -2.04. The Labute approximate surface area is 192 Å². The molecule has 0 spiro atoms. The average Bonchev–Trinajstić information content (AvgIpc) is 3.10. The molecule has 1 aliphatic carbocycles. The molecule has 0 saturated carbocycles. The monoisotopic (exact) mass is 456 g/mol. The van der Waals surface area contributed by atoms with Gasteiger partial charge < -0.3 is 5.11 Å². The van der Waals surface area contributed by atoms with Crippen molar-refractivity contribution in [3.05, 3.63) is 109 Å². The van der Waals surface area contributed by atoms with Crippen molar-refractivity contribution in [2.24, 2.45) is 9.98 Å². The topological polar surface area (TPSA) is 148 Å². The molecule has 3 aromatic rings. The van der Waals surface area contributed by atoms with Gasteiger partial charge in [-0.3, -0.25) is 30.0 Å². The molecule has 0 fully saturated rings. The fraction of sp³-hybridized carbons (Fsp3) is 0.0417. The highest BCUT2D eigenvalue weighted by Crippen LogP contribution is 2.39. The molecule has 3 aromatic carbocycles. The summed E-state index contributed by atoms with van der Waals surface area (Å²) in [6, 6.07) is 16.9. The predicted octanol–water partition coefficient (Wildman–Crippen LogP) is 5.25. The summed E-state index contributed by atoms with van der Waals surface area (Å²) in [5, 5.41) is 32.9. The number of carbonyl (C=O) groups is 1. The fourth-order valence-electron chi connectivity index (χ4n) is 3.57. The van der Waals surface area contributed by atoms with Crippen molar-refractivity contribution in [3.63, 3.8) is 0 Å². The van der Waals surface area contributed by atoms with E-state index in [1.165, 1.54) is 37.4 Å². The van der Waals surface area contributed by atoms with Crippen LogP contribution in [0.2, 0.25) is 0 Å². The van der Waals surface area contributed by atoms with Gasteiger partial charge in [0, 0.05) is 30.0 Å². The van der Waals surface area contributed by atoms with Gasteiger partial charge in [0.1, 0.15) is 11.3 Å². The molecule has 0 atom stereocenters. The molecule has 0 aromatic heterocycles. The predicted molar refractivity (Wildman–Crippen MR) is 126 cm³/mol. The van der Waals surface area contributed by atoms with Crippen LogP contribution in [0.15, 0.2) is 82.3 Å². The number of allylic oxidation sites excluding steroid dienone is 1. The Morgan fingerprint density at radius 1 is 0.941 bits per heavy atom. The van der Waals surface area contributed by atoms with E-state index in [1.807, 2.05) is 0 Å². The zero-order chi connectivity index (χ0) is 24.4. The second-order valence-corrected chi connectivity index (χ2v) is 7.32. The molecule has 0 heterocycles. The molecule has 1 N–H and O–H groups in total. The Balaban J connectivity index is 1.67. The van der Waals surface area contributed by atoms with E-state index in [-0.39, 0.29) is 28.2 Å². The van der Waals surface area contributed by atoms with E-state index in [0.29, 0.717) is 22.5 Å². The summed E-state index contributed by atoms with van der Waals surface area (Å²) in [6.45, 7) is 1.25. The van der Waals surface area contributed by atoms with Gasteiger partial charge in [-0.25, -0.2) is 4.99 Å². The first-order valence-corrected chi connectivity index (χ1v) is 9.96. The largest absolute Gasteiger partial charge is 0.506 e. The smallest absolute Gasteiger partial charge is 0.281 e. The number of nitro groups is 2. The first-order chi connectivity index (χ1) is 16.3. The summed E-state index contributed by atoms with van der Waals surface area (Å²) in [5.41, 5.74) is 1.54. The maximum atomic E-state index is 12.2. The Morgan fingerprint density at radius 2 is 1.62 bits per heavy atom. The number of hydrogen-bond acceptors (Lipinski definition) is 8. The normalized spacial score (nSPS) is 14.0. The van der Waals surface area contributed by atoms with E-state index < -0.39 is 21.4 Å². The molecule has 0 aliphatic heterocycles. The van der Waals surface area contributed by atoms with Crippen molar-refractivity contribution in [1.82, 2.24) is 0 Å². The van der Waals surface area contributed by atoms with E-state index in [2.05, 4.69) is 9.98 Å². The minimum absolute atomic E-state index is 0.0328. The number of rotatable bonds is 6. The Bertz CT molecular complexity index is 1440. The van der Waals surface area contributed by atoms with Crippen LogP contribution in [0.5, 0.6) is 0 Å². The van der Waals surface area contributed by atoms with Crippen LogP contribution in [0.4, 0.5) is 22.7 Å². The quantitative estimate of drug-likeness (QED) is 0.304. The minimum Gasteiger partial charge on any atom is -0.506 e. The number of nitrogens with zero attached hydrogens (tertiary/aromatic N) is 4. The first-order valence-electron chi connectivity index (χ1n) is 9.96. The number of non-ortho nitro benzene ring substituents is 1. The maximum Gasteiger partial charge on any atom is 0.281 e. The first kappa shape index (κ1) is 22.2. The number of Topliss-reactive ketones (excluding diaryl/α,β-unsaturated/α-hetero) is 1. The maximum absolute atomic E-state index is 12.2. The van der Waals surface area contributed by atoms with Crippen molar-refractivity contribution in [2.45, 2.75) is 6.92 Å². The number of hydrogen-bond donors (Lipinski definition) is 1. The van der Waals surface area contributed by atoms with Crippen LogP contribution in [-0.2, 0) is 4.79 Å². The molecule has 0 unspecified atom stereocenters. The molecule has 0 saturated heterocycles. The van der Waals surface area contributed by atoms with E-state index >= 15 is 0 Å². The van der Waals surface area contributed by atoms with Gasteiger partial charge in [-0.15, -0.1) is 0 Å². The van der Waals surface area contributed by atoms with Crippen LogP contribution < -0.4 is 0 Å². The van der Waals surface area contributed by atoms with Gasteiger partial charge >= 0.3 is 0 Å². The molecular weight excluding hydrogens is 440 g/mol. The van der Waals surface area contributed by atoms with Gasteiger partial charge in [0.05, 0.1) is 32.5 Å². The van der Waals surface area contributed by atoms with Gasteiger partial charge in [0.2, 0.25) is 0 Å². The van der Waals surface area contributed by atoms with Crippen molar-refractivity contribution in [3.8, 4) is 0 Å². The Morgan fingerprint density at radius 3 is 2.26 bits per heavy atom. The highest BCUT2D eigenvalue weighted by Gasteiger charge is 2.36. The highest BCUT2D eigenvalue weighted by molar-refractivity contribution is 6.36. The third-order valence-corrected chi connectivity index (χ3v) is 5.09. The van der Waals surface area contributed by atoms with Crippen LogP contribution in [0.1, 0.15) is 23.6 Å². The van der Waals surface area contributed by atoms with Gasteiger partial charge in [0.25, 0.3) is 11.4 Å². The van der Waals surface area contributed by atoms with E-state index in [4.69, 9.17) is 0 Å². The lowest BCUT2D eigenvalue weighted by Crippen LogP contribution is -2.08. The lowest BCUT2D eigenvalue weighted by molar-refractivity contribution is -0.385. The Hall–Kier alpha value is -4.99. The van der Waals surface area contributed by atoms with E-state index in [9.17, 15) is 30.1 Å². The summed E-state index contributed by atoms with van der Waals surface area (Å²) in [7, 11) is 0. The molecule has 4 rings (SSSR count). The molecule has 10 nitrogen and oxygen atoms in total. The van der Waals surface area contributed by atoms with E-state index in [0.717, 1.165) is 0 Å². The molecule has 10 heteroatoms. The van der Waals surface area contributed by atoms with Gasteiger partial charge in [-0.1, -0.05) is 24.3 Å². The zero-order valence-corrected chi connectivity index (χ0v) is 17.7. The number of aliphatic hydroxyl groups excluding tert-OH is 1. The summed E-state index contributed by atoms with van der Waals surface area (Å²) in [5.74, 6) is -0.938. The number of carbonyl (C=O) groups excluding carboxylic acids is 1. The van der Waals surface area contributed by atoms with Crippen LogP contribution in [0, 0.1) is 20.2 Å². The Kier molecular flexibility index (Phi) is 5.79. The second kappa shape index (κ2) is 8.87. The highest BCUT2D eigenvalue weighted by atomic mass is 16.6. The fourth-order valence-corrected chi connectivity index (χ4v) is 3.57. The molecule has 0 amide bonds. The second-order valence-electron chi connectivity index (χ2n) is 7.32. The minimum atomic E-state index is -0.621. The average molecular weight is 456 g/mol. The lowest BCUT2D eigenvalue weighted by atomic mass is 10.0. The molecule has 1 aliphatic rings. The third kappa shape index (κ3) is 4.19. The van der Waals surface area contributed by atoms with Gasteiger partial charge in [0.15, 0.2) is 5.78 Å². The standard InChI is InChI=1S/C24H16N4O6/c1-14(29)21-23(19-6-3-7-20(28(33)34)22(19)24(21)30)26-17-10-8-16(9-11-17)25-13-15-4-2-5-18(12-15)27(31)32/h2-13,30H,1H3.